The molecule has 1 atom stereocenters. The van der Waals surface area contributed by atoms with Crippen molar-refractivity contribution >= 4 is 0 Å². The van der Waals surface area contributed by atoms with Gasteiger partial charge in [-0.15, -0.1) is 0 Å². The topological polar surface area (TPSA) is 32.5 Å². The maximum atomic E-state index is 5.87. The fraction of sp³-hybridized carbons (Fsp3) is 1.00. The summed E-state index contributed by atoms with van der Waals surface area (Å²) in [5.74, 6) is 0.897. The summed E-state index contributed by atoms with van der Waals surface area (Å²) in [5.41, 5.74) is 6.04. The number of rotatable bonds is 8. The largest absolute Gasteiger partial charge is 0.329 e. The second-order valence-corrected chi connectivity index (χ2v) is 6.72. The minimum Gasteiger partial charge on any atom is -0.329 e. The van der Waals surface area contributed by atoms with E-state index in [0.29, 0.717) is 0 Å². The lowest BCUT2D eigenvalue weighted by Gasteiger charge is -2.44. The van der Waals surface area contributed by atoms with Crippen molar-refractivity contribution in [3.63, 3.8) is 0 Å². The Kier molecular flexibility index (Phi) is 7.33. The normalized spacial score (nSPS) is 20.7. The fourth-order valence-electron chi connectivity index (χ4n) is 2.95. The van der Waals surface area contributed by atoms with Gasteiger partial charge < -0.3 is 10.6 Å². The summed E-state index contributed by atoms with van der Waals surface area (Å²) in [5, 5.41) is 0. The highest BCUT2D eigenvalue weighted by molar-refractivity contribution is 4.86. The van der Waals surface area contributed by atoms with E-state index in [-0.39, 0.29) is 5.54 Å². The minimum absolute atomic E-state index is 0.165. The lowest BCUT2D eigenvalue weighted by molar-refractivity contribution is 0.0492. The number of nitrogens with two attached hydrogens (primary N) is 1. The molecule has 1 fully saturated rings. The van der Waals surface area contributed by atoms with Crippen LogP contribution in [0.2, 0.25) is 0 Å². The van der Waals surface area contributed by atoms with Gasteiger partial charge in [0.25, 0.3) is 0 Å². The Labute approximate surface area is 120 Å². The average molecular weight is 269 g/mol. The molecule has 0 radical (unpaired) electrons. The molecule has 0 spiro atoms. The molecule has 0 bridgehead atoms. The molecule has 0 aliphatic carbocycles. The molecule has 1 heterocycles. The summed E-state index contributed by atoms with van der Waals surface area (Å²) in [6, 6.07) is 0. The molecule has 1 aliphatic heterocycles. The molecule has 0 aromatic rings. The predicted molar refractivity (Wildman–Crippen MR) is 84.5 cm³/mol. The van der Waals surface area contributed by atoms with Crippen LogP contribution in [0, 0.1) is 5.92 Å². The number of hydrogen-bond donors (Lipinski definition) is 1. The molecule has 1 unspecified atom stereocenters. The van der Waals surface area contributed by atoms with E-state index in [1.165, 1.54) is 58.4 Å². The van der Waals surface area contributed by atoms with E-state index >= 15 is 0 Å². The second kappa shape index (κ2) is 8.23. The van der Waals surface area contributed by atoms with Crippen molar-refractivity contribution in [2.45, 2.75) is 58.9 Å². The van der Waals surface area contributed by atoms with Crippen LogP contribution in [0.4, 0.5) is 0 Å². The van der Waals surface area contributed by atoms with Crippen LogP contribution in [0.1, 0.15) is 53.4 Å². The first-order chi connectivity index (χ1) is 9.03. The fourth-order valence-corrected chi connectivity index (χ4v) is 2.95. The van der Waals surface area contributed by atoms with E-state index < -0.39 is 0 Å². The van der Waals surface area contributed by atoms with E-state index in [1.807, 2.05) is 0 Å². The first-order valence-electron chi connectivity index (χ1n) is 8.21. The third-order valence-corrected chi connectivity index (χ3v) is 4.79. The predicted octanol–water partition coefficient (Wildman–Crippen LogP) is 2.56. The van der Waals surface area contributed by atoms with Crippen molar-refractivity contribution in [1.82, 2.24) is 9.80 Å². The number of nitrogens with zero attached hydrogens (tertiary/aromatic N) is 2. The Bertz CT molecular complexity index is 232. The van der Waals surface area contributed by atoms with Crippen molar-refractivity contribution in [2.75, 3.05) is 39.3 Å². The zero-order valence-electron chi connectivity index (χ0n) is 13.6. The summed E-state index contributed by atoms with van der Waals surface area (Å²) in [4.78, 5) is 5.21. The highest BCUT2D eigenvalue weighted by Crippen LogP contribution is 2.19. The van der Waals surface area contributed by atoms with Gasteiger partial charge >= 0.3 is 0 Å². The van der Waals surface area contributed by atoms with E-state index in [1.54, 1.807) is 0 Å². The van der Waals surface area contributed by atoms with Crippen LogP contribution in [0.3, 0.4) is 0 Å². The molecule has 114 valence electrons. The first-order valence-corrected chi connectivity index (χ1v) is 8.21. The highest BCUT2D eigenvalue weighted by atomic mass is 15.3. The van der Waals surface area contributed by atoms with Crippen molar-refractivity contribution in [1.29, 1.82) is 0 Å². The quantitative estimate of drug-likeness (QED) is 0.735. The Morgan fingerprint density at radius 3 is 2.21 bits per heavy atom. The van der Waals surface area contributed by atoms with Gasteiger partial charge in [0.1, 0.15) is 0 Å². The molecule has 19 heavy (non-hydrogen) atoms. The van der Waals surface area contributed by atoms with Gasteiger partial charge in [-0.2, -0.15) is 0 Å². The van der Waals surface area contributed by atoms with E-state index in [2.05, 4.69) is 37.5 Å². The molecule has 0 aromatic heterocycles. The van der Waals surface area contributed by atoms with Gasteiger partial charge in [-0.1, -0.05) is 33.1 Å². The molecule has 2 N–H and O–H groups in total. The highest BCUT2D eigenvalue weighted by Gasteiger charge is 2.28. The smallest absolute Gasteiger partial charge is 0.0276 e. The Morgan fingerprint density at radius 1 is 1.11 bits per heavy atom. The van der Waals surface area contributed by atoms with Crippen molar-refractivity contribution < 1.29 is 0 Å². The molecule has 1 aliphatic rings. The molecule has 3 nitrogen and oxygen atoms in total. The second-order valence-electron chi connectivity index (χ2n) is 6.72. The van der Waals surface area contributed by atoms with Crippen molar-refractivity contribution in [3.8, 4) is 0 Å². The summed E-state index contributed by atoms with van der Waals surface area (Å²) >= 11 is 0. The maximum absolute atomic E-state index is 5.87. The molecular formula is C16H35N3. The van der Waals surface area contributed by atoms with Gasteiger partial charge in [0.05, 0.1) is 0 Å². The van der Waals surface area contributed by atoms with Crippen LogP contribution in [0.15, 0.2) is 0 Å². The van der Waals surface area contributed by atoms with Crippen LogP contribution >= 0.6 is 0 Å². The Balaban J connectivity index is 2.33. The Hall–Kier alpha value is -0.120. The number of unbranched alkanes of at least 4 members (excludes halogenated alkanes) is 1. The summed E-state index contributed by atoms with van der Waals surface area (Å²) in [7, 11) is 0. The molecule has 0 amide bonds. The van der Waals surface area contributed by atoms with Gasteiger partial charge in [0, 0.05) is 44.8 Å². The van der Waals surface area contributed by atoms with Crippen molar-refractivity contribution in [2.24, 2.45) is 11.7 Å². The Morgan fingerprint density at radius 2 is 1.74 bits per heavy atom. The summed E-state index contributed by atoms with van der Waals surface area (Å²) in [6.45, 7) is 16.0. The van der Waals surface area contributed by atoms with Gasteiger partial charge in [-0.25, -0.2) is 0 Å². The van der Waals surface area contributed by atoms with Gasteiger partial charge in [0.15, 0.2) is 0 Å². The van der Waals surface area contributed by atoms with E-state index in [4.69, 9.17) is 5.73 Å². The van der Waals surface area contributed by atoms with Crippen LogP contribution < -0.4 is 5.73 Å². The van der Waals surface area contributed by atoms with Crippen molar-refractivity contribution in [3.05, 3.63) is 0 Å². The van der Waals surface area contributed by atoms with Gasteiger partial charge in [-0.05, 0) is 26.2 Å². The molecule has 1 rings (SSSR count). The van der Waals surface area contributed by atoms with E-state index in [9.17, 15) is 0 Å². The SMILES string of the molecule is CCCCC(CC)CN1CCN(C(C)(C)CN)CC1. The first kappa shape index (κ1) is 16.9. The molecule has 1 saturated heterocycles. The summed E-state index contributed by atoms with van der Waals surface area (Å²) < 4.78 is 0. The van der Waals surface area contributed by atoms with Gasteiger partial charge in [-0.3, -0.25) is 4.90 Å². The van der Waals surface area contributed by atoms with Crippen LogP contribution in [0.5, 0.6) is 0 Å². The van der Waals surface area contributed by atoms with Crippen LogP contribution in [-0.2, 0) is 0 Å². The number of piperazine rings is 1. The molecular weight excluding hydrogens is 234 g/mol. The summed E-state index contributed by atoms with van der Waals surface area (Å²) in [6.07, 6.45) is 5.45. The van der Waals surface area contributed by atoms with Crippen LogP contribution in [0.25, 0.3) is 0 Å². The third-order valence-electron chi connectivity index (χ3n) is 4.79. The van der Waals surface area contributed by atoms with Crippen LogP contribution in [-0.4, -0.2) is 54.6 Å². The maximum Gasteiger partial charge on any atom is 0.0276 e. The zero-order valence-corrected chi connectivity index (χ0v) is 13.6. The lowest BCUT2D eigenvalue weighted by atomic mass is 9.97. The van der Waals surface area contributed by atoms with Gasteiger partial charge in [0.2, 0.25) is 0 Å². The lowest BCUT2D eigenvalue weighted by Crippen LogP contribution is -2.57. The molecule has 0 aromatic carbocycles. The monoisotopic (exact) mass is 269 g/mol. The number of hydrogen-bond acceptors (Lipinski definition) is 3. The average Bonchev–Trinajstić information content (AvgIpc) is 2.44. The third kappa shape index (κ3) is 5.41. The van der Waals surface area contributed by atoms with E-state index in [0.717, 1.165) is 12.5 Å². The molecule has 0 saturated carbocycles. The molecule has 3 heteroatoms. The zero-order chi connectivity index (χ0) is 14.3. The standard InChI is InChI=1S/C16H35N3/c1-5-7-8-15(6-2)13-18-9-11-19(12-10-18)16(3,4)14-17/h15H,5-14,17H2,1-4H3. The minimum atomic E-state index is 0.165.